The van der Waals surface area contributed by atoms with Crippen LogP contribution in [0.2, 0.25) is 0 Å². The largest absolute Gasteiger partial charge is 0.489 e. The zero-order chi connectivity index (χ0) is 20.4. The number of halogens is 1. The number of nitrogens with two attached hydrogens (primary N) is 1. The summed E-state index contributed by atoms with van der Waals surface area (Å²) < 4.78 is 12.7. The predicted molar refractivity (Wildman–Crippen MR) is 111 cm³/mol. The first-order chi connectivity index (χ1) is 14.1. The first-order valence-electron chi connectivity index (χ1n) is 9.38. The van der Waals surface area contributed by atoms with Crippen LogP contribution in [0.15, 0.2) is 75.8 Å². The SMILES string of the molecule is N#CC1=C(N)OC2=C(C(=O)CCC2)[C@@H]1c1ccccc1OCc1ccc(Br)cc1. The standard InChI is InChI=1S/C23H19BrN2O3/c24-15-10-8-14(9-11-15)13-28-19-6-2-1-4-16(19)21-17(12-25)23(26)29-20-7-3-5-18(27)22(20)21/h1-2,4,6,8-11,21H,3,5,7,13,26H2/t21-/m1/s1. The van der Waals surface area contributed by atoms with E-state index in [1.54, 1.807) is 0 Å². The molecule has 4 rings (SSSR count). The number of allylic oxidation sites excluding steroid dienone is 3. The third kappa shape index (κ3) is 3.79. The maximum Gasteiger partial charge on any atom is 0.205 e. The number of ether oxygens (including phenoxy) is 2. The van der Waals surface area contributed by atoms with Crippen LogP contribution in [0.3, 0.4) is 0 Å². The monoisotopic (exact) mass is 450 g/mol. The number of para-hydroxylation sites is 1. The van der Waals surface area contributed by atoms with Gasteiger partial charge in [0.2, 0.25) is 5.88 Å². The number of nitrogens with zero attached hydrogens (tertiary/aromatic N) is 1. The van der Waals surface area contributed by atoms with Gasteiger partial charge in [0.05, 0.1) is 5.92 Å². The van der Waals surface area contributed by atoms with Crippen LogP contribution in [0.1, 0.15) is 36.3 Å². The number of carbonyl (C=O) groups excluding carboxylic acids is 1. The van der Waals surface area contributed by atoms with Gasteiger partial charge in [0, 0.05) is 28.5 Å². The molecule has 0 spiro atoms. The summed E-state index contributed by atoms with van der Waals surface area (Å²) in [6.45, 7) is 0.369. The van der Waals surface area contributed by atoms with E-state index < -0.39 is 5.92 Å². The Morgan fingerprint density at radius 3 is 2.69 bits per heavy atom. The number of hydrogen-bond acceptors (Lipinski definition) is 5. The van der Waals surface area contributed by atoms with Gasteiger partial charge < -0.3 is 15.2 Å². The Morgan fingerprint density at radius 1 is 1.17 bits per heavy atom. The molecule has 0 saturated heterocycles. The second kappa shape index (κ2) is 8.14. The van der Waals surface area contributed by atoms with E-state index >= 15 is 0 Å². The van der Waals surface area contributed by atoms with E-state index in [4.69, 9.17) is 15.2 Å². The van der Waals surface area contributed by atoms with Gasteiger partial charge >= 0.3 is 0 Å². The molecule has 0 radical (unpaired) electrons. The zero-order valence-corrected chi connectivity index (χ0v) is 17.2. The van der Waals surface area contributed by atoms with E-state index in [2.05, 4.69) is 22.0 Å². The van der Waals surface area contributed by atoms with Crippen molar-refractivity contribution in [1.29, 1.82) is 5.26 Å². The normalized spacial score (nSPS) is 18.8. The Balaban J connectivity index is 1.73. The Bertz CT molecular complexity index is 1060. The van der Waals surface area contributed by atoms with E-state index in [1.165, 1.54) is 0 Å². The van der Waals surface area contributed by atoms with Gasteiger partial charge in [-0.15, -0.1) is 0 Å². The van der Waals surface area contributed by atoms with Gasteiger partial charge in [-0.2, -0.15) is 5.26 Å². The lowest BCUT2D eigenvalue weighted by Gasteiger charge is -2.31. The third-order valence-electron chi connectivity index (χ3n) is 5.14. The van der Waals surface area contributed by atoms with Crippen LogP contribution >= 0.6 is 15.9 Å². The lowest BCUT2D eigenvalue weighted by Crippen LogP contribution is -2.27. The van der Waals surface area contributed by atoms with Crippen molar-refractivity contribution >= 4 is 21.7 Å². The van der Waals surface area contributed by atoms with Crippen molar-refractivity contribution in [2.75, 3.05) is 0 Å². The summed E-state index contributed by atoms with van der Waals surface area (Å²) in [5.74, 6) is 0.684. The van der Waals surface area contributed by atoms with Crippen LogP contribution in [0.25, 0.3) is 0 Å². The smallest absolute Gasteiger partial charge is 0.205 e. The zero-order valence-electron chi connectivity index (χ0n) is 15.7. The first-order valence-corrected chi connectivity index (χ1v) is 10.2. The van der Waals surface area contributed by atoms with Gasteiger partial charge in [-0.1, -0.05) is 46.3 Å². The van der Waals surface area contributed by atoms with Crippen LogP contribution in [0.5, 0.6) is 5.75 Å². The molecule has 0 fully saturated rings. The summed E-state index contributed by atoms with van der Waals surface area (Å²) in [7, 11) is 0. The Hall–Kier alpha value is -3.04. The molecule has 2 aliphatic rings. The average Bonchev–Trinajstić information content (AvgIpc) is 2.73. The molecule has 0 amide bonds. The van der Waals surface area contributed by atoms with Crippen molar-refractivity contribution in [3.8, 4) is 11.8 Å². The van der Waals surface area contributed by atoms with Gasteiger partial charge in [0.25, 0.3) is 0 Å². The summed E-state index contributed by atoms with van der Waals surface area (Å²) in [6.07, 6.45) is 1.80. The van der Waals surface area contributed by atoms with Crippen LogP contribution in [-0.2, 0) is 16.1 Å². The van der Waals surface area contributed by atoms with Crippen molar-refractivity contribution in [2.45, 2.75) is 31.8 Å². The highest BCUT2D eigenvalue weighted by molar-refractivity contribution is 9.10. The van der Waals surface area contributed by atoms with Gasteiger partial charge in [-0.05, 0) is 30.2 Å². The lowest BCUT2D eigenvalue weighted by molar-refractivity contribution is -0.116. The molecule has 146 valence electrons. The second-order valence-electron chi connectivity index (χ2n) is 6.99. The Kier molecular flexibility index (Phi) is 5.41. The highest BCUT2D eigenvalue weighted by atomic mass is 79.9. The number of nitriles is 1. The minimum atomic E-state index is -0.572. The number of benzene rings is 2. The molecule has 1 aliphatic carbocycles. The molecule has 2 aromatic rings. The predicted octanol–water partition coefficient (Wildman–Crippen LogP) is 4.84. The molecule has 0 saturated carbocycles. The van der Waals surface area contributed by atoms with Crippen molar-refractivity contribution in [2.24, 2.45) is 5.73 Å². The molecule has 1 aliphatic heterocycles. The molecule has 2 N–H and O–H groups in total. The highest BCUT2D eigenvalue weighted by Gasteiger charge is 2.39. The Morgan fingerprint density at radius 2 is 1.93 bits per heavy atom. The van der Waals surface area contributed by atoms with Crippen molar-refractivity contribution in [3.63, 3.8) is 0 Å². The summed E-state index contributed by atoms with van der Waals surface area (Å²) >= 11 is 3.43. The molecule has 5 nitrogen and oxygen atoms in total. The van der Waals surface area contributed by atoms with Gasteiger partial charge in [-0.25, -0.2) is 0 Å². The number of ketones is 1. The average molecular weight is 451 g/mol. The molecule has 1 heterocycles. The minimum absolute atomic E-state index is 0.000729. The topological polar surface area (TPSA) is 85.3 Å². The van der Waals surface area contributed by atoms with E-state index in [9.17, 15) is 10.1 Å². The Labute approximate surface area is 177 Å². The fourth-order valence-corrected chi connectivity index (χ4v) is 4.02. The number of hydrogen-bond donors (Lipinski definition) is 1. The summed E-state index contributed by atoms with van der Waals surface area (Å²) in [5, 5.41) is 9.75. The van der Waals surface area contributed by atoms with Crippen LogP contribution in [0.4, 0.5) is 0 Å². The van der Waals surface area contributed by atoms with Crippen LogP contribution < -0.4 is 10.5 Å². The summed E-state index contributed by atoms with van der Waals surface area (Å²) in [4.78, 5) is 12.7. The summed E-state index contributed by atoms with van der Waals surface area (Å²) in [6, 6.07) is 17.5. The molecular formula is C23H19BrN2O3. The molecule has 0 aromatic heterocycles. The van der Waals surface area contributed by atoms with Gasteiger partial charge in [-0.3, -0.25) is 4.79 Å². The van der Waals surface area contributed by atoms with E-state index in [0.717, 1.165) is 22.0 Å². The number of carbonyl (C=O) groups is 1. The molecule has 6 heteroatoms. The molecule has 0 unspecified atom stereocenters. The number of rotatable bonds is 4. The van der Waals surface area contributed by atoms with E-state index in [0.29, 0.717) is 36.5 Å². The summed E-state index contributed by atoms with van der Waals surface area (Å²) in [5.41, 5.74) is 8.58. The maximum atomic E-state index is 12.7. The van der Waals surface area contributed by atoms with E-state index in [1.807, 2.05) is 48.5 Å². The molecular weight excluding hydrogens is 432 g/mol. The quantitative estimate of drug-likeness (QED) is 0.719. The molecule has 0 bridgehead atoms. The first kappa shape index (κ1) is 19.3. The molecule has 2 aromatic carbocycles. The van der Waals surface area contributed by atoms with Crippen molar-refractivity contribution < 1.29 is 14.3 Å². The van der Waals surface area contributed by atoms with Gasteiger partial charge in [0.1, 0.15) is 29.8 Å². The highest BCUT2D eigenvalue weighted by Crippen LogP contribution is 2.45. The number of Topliss-reactive ketones (excluding diaryl/α,β-unsaturated/α-hetero) is 1. The minimum Gasteiger partial charge on any atom is -0.489 e. The lowest BCUT2D eigenvalue weighted by atomic mass is 9.77. The van der Waals surface area contributed by atoms with E-state index in [-0.39, 0.29) is 17.2 Å². The third-order valence-corrected chi connectivity index (χ3v) is 5.67. The second-order valence-corrected chi connectivity index (χ2v) is 7.91. The van der Waals surface area contributed by atoms with Crippen LogP contribution in [-0.4, -0.2) is 5.78 Å². The van der Waals surface area contributed by atoms with Gasteiger partial charge in [0.15, 0.2) is 5.78 Å². The van der Waals surface area contributed by atoms with Crippen molar-refractivity contribution in [1.82, 2.24) is 0 Å². The maximum absolute atomic E-state index is 12.7. The van der Waals surface area contributed by atoms with Crippen LogP contribution in [0, 0.1) is 11.3 Å². The fourth-order valence-electron chi connectivity index (χ4n) is 3.76. The molecule has 29 heavy (non-hydrogen) atoms. The van der Waals surface area contributed by atoms with Crippen molar-refractivity contribution in [3.05, 3.63) is 86.9 Å². The fraction of sp³-hybridized carbons (Fsp3) is 0.217. The molecule has 1 atom stereocenters.